The molecule has 1 aliphatic heterocycles. The van der Waals surface area contributed by atoms with E-state index in [9.17, 15) is 9.59 Å². The molecule has 0 spiro atoms. The Morgan fingerprint density at radius 3 is 2.75 bits per heavy atom. The van der Waals surface area contributed by atoms with Gasteiger partial charge in [-0.15, -0.1) is 0 Å². The maximum Gasteiger partial charge on any atom is 0.271 e. The number of halogens is 1. The van der Waals surface area contributed by atoms with E-state index in [1.54, 1.807) is 12.1 Å². The van der Waals surface area contributed by atoms with Crippen LogP contribution in [0.2, 0.25) is 5.15 Å². The summed E-state index contributed by atoms with van der Waals surface area (Å²) < 4.78 is 10.7. The number of hydrogen-bond donors (Lipinski definition) is 2. The number of rotatable bonds is 6. The summed E-state index contributed by atoms with van der Waals surface area (Å²) in [6.07, 6.45) is 5.09. The highest BCUT2D eigenvalue weighted by Gasteiger charge is 2.22. The quantitative estimate of drug-likeness (QED) is 0.362. The second-order valence-corrected chi connectivity index (χ2v) is 9.33. The standard InChI is InChI=1S/C23H20ClN7O4S/c1-11-5-13(14-6-18(24)26-9-17(14)34-2)15(7-25-11)20(32)31-23-30-19-22(36-23)29-16(8-27-19)21(33)28-12-3-4-35-10-12/h5-9,12H,3-4,10H2,1-2H3,(H,28,33)(H,27,30,31,32). The molecule has 0 saturated carbocycles. The van der Waals surface area contributed by atoms with Crippen molar-refractivity contribution in [2.45, 2.75) is 19.4 Å². The highest BCUT2D eigenvalue weighted by molar-refractivity contribution is 7.21. The number of ether oxygens (including phenoxy) is 2. The molecule has 36 heavy (non-hydrogen) atoms. The van der Waals surface area contributed by atoms with E-state index in [-0.39, 0.29) is 27.9 Å². The number of nitrogens with zero attached hydrogens (tertiary/aromatic N) is 5. The van der Waals surface area contributed by atoms with Gasteiger partial charge in [0.05, 0.1) is 37.7 Å². The van der Waals surface area contributed by atoms with Gasteiger partial charge in [0.2, 0.25) is 0 Å². The van der Waals surface area contributed by atoms with Crippen molar-refractivity contribution in [3.8, 4) is 16.9 Å². The van der Waals surface area contributed by atoms with Crippen LogP contribution >= 0.6 is 22.9 Å². The first-order chi connectivity index (χ1) is 17.4. The lowest BCUT2D eigenvalue weighted by atomic mass is 10.0. The highest BCUT2D eigenvalue weighted by Crippen LogP contribution is 2.34. The van der Waals surface area contributed by atoms with Crippen LogP contribution in [0.15, 0.2) is 30.7 Å². The Labute approximate surface area is 214 Å². The van der Waals surface area contributed by atoms with Crippen molar-refractivity contribution in [3.05, 3.63) is 52.8 Å². The van der Waals surface area contributed by atoms with Gasteiger partial charge in [0, 0.05) is 29.6 Å². The molecule has 4 aromatic heterocycles. The molecule has 0 bridgehead atoms. The molecule has 1 aliphatic rings. The molecule has 11 nitrogen and oxygen atoms in total. The maximum absolute atomic E-state index is 13.3. The van der Waals surface area contributed by atoms with Gasteiger partial charge in [0.15, 0.2) is 15.6 Å². The highest BCUT2D eigenvalue weighted by atomic mass is 35.5. The molecule has 184 valence electrons. The number of fused-ring (bicyclic) bond motifs is 1. The normalized spacial score (nSPS) is 15.1. The fourth-order valence-electron chi connectivity index (χ4n) is 3.71. The summed E-state index contributed by atoms with van der Waals surface area (Å²) in [7, 11) is 1.51. The fourth-order valence-corrected chi connectivity index (χ4v) is 4.66. The van der Waals surface area contributed by atoms with E-state index >= 15 is 0 Å². The molecular weight excluding hydrogens is 506 g/mol. The number of carbonyl (C=O) groups excluding carboxylic acids is 2. The van der Waals surface area contributed by atoms with Gasteiger partial charge in [0.25, 0.3) is 11.8 Å². The number of pyridine rings is 2. The van der Waals surface area contributed by atoms with Gasteiger partial charge < -0.3 is 14.8 Å². The van der Waals surface area contributed by atoms with E-state index < -0.39 is 5.91 Å². The molecular formula is C23H20ClN7O4S. The number of carbonyl (C=O) groups is 2. The Balaban J connectivity index is 1.41. The van der Waals surface area contributed by atoms with Gasteiger partial charge in [-0.2, -0.15) is 4.98 Å². The molecule has 1 unspecified atom stereocenters. The fraction of sp³-hybridized carbons (Fsp3) is 0.261. The van der Waals surface area contributed by atoms with E-state index in [1.807, 2.05) is 6.92 Å². The van der Waals surface area contributed by atoms with Gasteiger partial charge in [-0.1, -0.05) is 22.9 Å². The Kier molecular flexibility index (Phi) is 6.72. The van der Waals surface area contributed by atoms with Crippen LogP contribution in [0, 0.1) is 6.92 Å². The zero-order valence-electron chi connectivity index (χ0n) is 19.2. The molecule has 5 rings (SSSR count). The first-order valence-corrected chi connectivity index (χ1v) is 12.1. The van der Waals surface area contributed by atoms with Crippen molar-refractivity contribution in [1.29, 1.82) is 0 Å². The number of aryl methyl sites for hydroxylation is 1. The summed E-state index contributed by atoms with van der Waals surface area (Å²) in [6.45, 7) is 2.91. The Hall–Kier alpha value is -3.74. The predicted octanol–water partition coefficient (Wildman–Crippen LogP) is 3.28. The van der Waals surface area contributed by atoms with Gasteiger partial charge in [-0.05, 0) is 25.5 Å². The van der Waals surface area contributed by atoms with E-state index in [1.165, 1.54) is 25.7 Å². The SMILES string of the molecule is COc1cnc(Cl)cc1-c1cc(C)ncc1C(=O)Nc1nc2ncc(C(=O)NC3CCOC3)nc2s1. The smallest absolute Gasteiger partial charge is 0.271 e. The Morgan fingerprint density at radius 1 is 1.11 bits per heavy atom. The van der Waals surface area contributed by atoms with Gasteiger partial charge in [-0.25, -0.2) is 15.0 Å². The van der Waals surface area contributed by atoms with Crippen molar-refractivity contribution < 1.29 is 19.1 Å². The minimum absolute atomic E-state index is 0.0440. The van der Waals surface area contributed by atoms with E-state index in [2.05, 4.69) is 35.6 Å². The summed E-state index contributed by atoms with van der Waals surface area (Å²) in [5.74, 6) is -0.313. The predicted molar refractivity (Wildman–Crippen MR) is 134 cm³/mol. The Bertz CT molecular complexity index is 1470. The van der Waals surface area contributed by atoms with Gasteiger partial charge in [0.1, 0.15) is 16.6 Å². The summed E-state index contributed by atoms with van der Waals surface area (Å²) >= 11 is 7.22. The molecule has 4 aromatic rings. The lowest BCUT2D eigenvalue weighted by molar-refractivity contribution is 0.0924. The van der Waals surface area contributed by atoms with Crippen LogP contribution in [-0.2, 0) is 4.74 Å². The molecule has 1 saturated heterocycles. The summed E-state index contributed by atoms with van der Waals surface area (Å²) in [4.78, 5) is 47.4. The third kappa shape index (κ3) is 4.96. The first-order valence-electron chi connectivity index (χ1n) is 10.9. The van der Waals surface area contributed by atoms with E-state index in [4.69, 9.17) is 21.1 Å². The number of thiazole rings is 1. The third-order valence-corrected chi connectivity index (χ3v) is 6.53. The monoisotopic (exact) mass is 525 g/mol. The van der Waals surface area contributed by atoms with Crippen LogP contribution < -0.4 is 15.4 Å². The van der Waals surface area contributed by atoms with Crippen LogP contribution in [0.3, 0.4) is 0 Å². The molecule has 5 heterocycles. The number of hydrogen-bond acceptors (Lipinski definition) is 10. The van der Waals surface area contributed by atoms with Crippen molar-refractivity contribution >= 4 is 50.4 Å². The van der Waals surface area contributed by atoms with Crippen LogP contribution in [0.4, 0.5) is 5.13 Å². The number of aromatic nitrogens is 5. The number of nitrogens with one attached hydrogen (secondary N) is 2. The minimum atomic E-state index is -0.439. The van der Waals surface area contributed by atoms with Crippen LogP contribution in [0.5, 0.6) is 5.75 Å². The molecule has 1 atom stereocenters. The number of methoxy groups -OCH3 is 1. The van der Waals surface area contributed by atoms with Crippen LogP contribution in [0.25, 0.3) is 21.6 Å². The zero-order chi connectivity index (χ0) is 25.2. The lowest BCUT2D eigenvalue weighted by Crippen LogP contribution is -2.35. The van der Waals surface area contributed by atoms with E-state index in [0.29, 0.717) is 51.8 Å². The maximum atomic E-state index is 13.3. The molecule has 0 aromatic carbocycles. The van der Waals surface area contributed by atoms with E-state index in [0.717, 1.165) is 17.8 Å². The number of anilines is 1. The number of amides is 2. The molecule has 2 amide bonds. The van der Waals surface area contributed by atoms with Crippen LogP contribution in [0.1, 0.15) is 33.0 Å². The van der Waals surface area contributed by atoms with Crippen molar-refractivity contribution in [1.82, 2.24) is 30.2 Å². The molecule has 0 aliphatic carbocycles. The summed E-state index contributed by atoms with van der Waals surface area (Å²) in [5.41, 5.74) is 2.67. The zero-order valence-corrected chi connectivity index (χ0v) is 20.8. The average Bonchev–Trinajstić information content (AvgIpc) is 3.52. The third-order valence-electron chi connectivity index (χ3n) is 5.47. The van der Waals surface area contributed by atoms with Crippen LogP contribution in [-0.4, -0.2) is 63.1 Å². The molecule has 1 fully saturated rings. The average molecular weight is 526 g/mol. The summed E-state index contributed by atoms with van der Waals surface area (Å²) in [6, 6.07) is 3.35. The topological polar surface area (TPSA) is 141 Å². The van der Waals surface area contributed by atoms with Crippen molar-refractivity contribution in [2.75, 3.05) is 25.6 Å². The second-order valence-electron chi connectivity index (χ2n) is 7.97. The first kappa shape index (κ1) is 24.0. The second kappa shape index (κ2) is 10.1. The Morgan fingerprint density at radius 2 is 1.97 bits per heavy atom. The molecule has 2 N–H and O–H groups in total. The molecule has 13 heteroatoms. The summed E-state index contributed by atoms with van der Waals surface area (Å²) in [5, 5.41) is 6.20. The lowest BCUT2D eigenvalue weighted by Gasteiger charge is -2.13. The molecule has 0 radical (unpaired) electrons. The van der Waals surface area contributed by atoms with Gasteiger partial charge >= 0.3 is 0 Å². The van der Waals surface area contributed by atoms with Crippen molar-refractivity contribution in [2.24, 2.45) is 0 Å². The minimum Gasteiger partial charge on any atom is -0.494 e. The largest absolute Gasteiger partial charge is 0.494 e. The van der Waals surface area contributed by atoms with Crippen molar-refractivity contribution in [3.63, 3.8) is 0 Å². The van der Waals surface area contributed by atoms with Gasteiger partial charge in [-0.3, -0.25) is 19.9 Å².